The number of methoxy groups -OCH3 is 1. The van der Waals surface area contributed by atoms with Crippen molar-refractivity contribution in [2.45, 2.75) is 18.8 Å². The van der Waals surface area contributed by atoms with Crippen molar-refractivity contribution in [2.24, 2.45) is 23.7 Å². The second-order valence-electron chi connectivity index (χ2n) is 10.4. The van der Waals surface area contributed by atoms with Crippen molar-refractivity contribution in [3.63, 3.8) is 0 Å². The first kappa shape index (κ1) is 24.9. The van der Waals surface area contributed by atoms with Crippen LogP contribution in [-0.4, -0.2) is 37.4 Å². The molecule has 1 aliphatic heterocycles. The van der Waals surface area contributed by atoms with Gasteiger partial charge in [-0.15, -0.1) is 0 Å². The number of nitrogens with one attached hydrogen (secondary N) is 1. The molecule has 3 aromatic carbocycles. The van der Waals surface area contributed by atoms with Gasteiger partial charge in [0.2, 0.25) is 11.8 Å². The van der Waals surface area contributed by atoms with Crippen molar-refractivity contribution in [3.05, 3.63) is 90.0 Å². The Balaban J connectivity index is 1.08. The average molecular weight is 525 g/mol. The molecule has 1 heterocycles. The van der Waals surface area contributed by atoms with Crippen molar-refractivity contribution < 1.29 is 28.7 Å². The third-order valence-corrected chi connectivity index (χ3v) is 8.31. The van der Waals surface area contributed by atoms with Crippen LogP contribution >= 0.6 is 0 Å². The van der Waals surface area contributed by atoms with Gasteiger partial charge in [-0.2, -0.15) is 0 Å². The number of esters is 1. The summed E-state index contributed by atoms with van der Waals surface area (Å²) < 4.78 is 10.2. The van der Waals surface area contributed by atoms with Gasteiger partial charge in [0.1, 0.15) is 5.75 Å². The Bertz CT molecular complexity index is 1420. The molecule has 8 nitrogen and oxygen atoms in total. The smallest absolute Gasteiger partial charge is 0.338 e. The number of imide groups is 1. The Kier molecular flexibility index (Phi) is 6.38. The molecule has 8 heteroatoms. The van der Waals surface area contributed by atoms with Crippen molar-refractivity contribution in [1.82, 2.24) is 0 Å². The topological polar surface area (TPSA) is 102 Å². The molecule has 0 aromatic heterocycles. The second-order valence-corrected chi connectivity index (χ2v) is 10.4. The molecule has 3 amide bonds. The number of anilines is 2. The standard InChI is InChI=1S/C31H28N2O6/c1-38-23-13-9-21(10-14-23)32-26(34)17-39-31(37)19-7-11-22(12-8-19)33-29(35)27-20-15-24(18-5-3-2-4-6-18)25(16-20)28(27)30(33)36/h2-14,20,24-25,27-28H,15-17H2,1H3,(H,32,34)/t20-,24+,25+,27+,28-/m0/s1. The van der Waals surface area contributed by atoms with E-state index in [-0.39, 0.29) is 41.0 Å². The molecular formula is C31H28N2O6. The molecule has 5 atom stereocenters. The van der Waals surface area contributed by atoms with Gasteiger partial charge in [-0.05, 0) is 84.7 Å². The minimum atomic E-state index is -0.675. The summed E-state index contributed by atoms with van der Waals surface area (Å²) in [7, 11) is 1.55. The van der Waals surface area contributed by atoms with Crippen molar-refractivity contribution >= 4 is 35.1 Å². The van der Waals surface area contributed by atoms with Gasteiger partial charge >= 0.3 is 5.97 Å². The Morgan fingerprint density at radius 2 is 1.56 bits per heavy atom. The maximum absolute atomic E-state index is 13.5. The highest BCUT2D eigenvalue weighted by atomic mass is 16.5. The zero-order valence-corrected chi connectivity index (χ0v) is 21.4. The molecule has 1 saturated heterocycles. The normalized spacial score (nSPS) is 24.9. The zero-order valence-electron chi connectivity index (χ0n) is 21.4. The highest BCUT2D eigenvalue weighted by Gasteiger charge is 2.64. The van der Waals surface area contributed by atoms with Crippen LogP contribution in [-0.2, 0) is 19.1 Å². The quantitative estimate of drug-likeness (QED) is 0.363. The summed E-state index contributed by atoms with van der Waals surface area (Å²) in [5, 5.41) is 2.65. The average Bonchev–Trinajstić information content (AvgIpc) is 3.64. The van der Waals surface area contributed by atoms with Gasteiger partial charge in [0, 0.05) is 5.69 Å². The molecular weight excluding hydrogens is 496 g/mol. The number of nitrogens with zero attached hydrogens (tertiary/aromatic N) is 1. The fraction of sp³-hybridized carbons (Fsp3) is 0.290. The Labute approximate surface area is 225 Å². The minimum Gasteiger partial charge on any atom is -0.497 e. The number of carbonyl (C=O) groups is 4. The lowest BCUT2D eigenvalue weighted by atomic mass is 9.73. The van der Waals surface area contributed by atoms with Crippen LogP contribution in [0.5, 0.6) is 5.75 Å². The molecule has 6 rings (SSSR count). The van der Waals surface area contributed by atoms with Crippen LogP contribution in [0, 0.1) is 23.7 Å². The van der Waals surface area contributed by atoms with Crippen LogP contribution in [0.25, 0.3) is 0 Å². The Morgan fingerprint density at radius 1 is 0.872 bits per heavy atom. The molecule has 39 heavy (non-hydrogen) atoms. The van der Waals surface area contributed by atoms with E-state index in [0.717, 1.165) is 12.8 Å². The van der Waals surface area contributed by atoms with Crippen molar-refractivity contribution in [1.29, 1.82) is 0 Å². The van der Waals surface area contributed by atoms with Crippen LogP contribution in [0.1, 0.15) is 34.7 Å². The maximum Gasteiger partial charge on any atom is 0.338 e. The first-order valence-electron chi connectivity index (χ1n) is 13.1. The number of rotatable bonds is 7. The molecule has 2 aliphatic carbocycles. The monoisotopic (exact) mass is 524 g/mol. The minimum absolute atomic E-state index is 0.144. The molecule has 0 unspecified atom stereocenters. The number of amides is 3. The van der Waals surface area contributed by atoms with E-state index in [1.807, 2.05) is 18.2 Å². The summed E-state index contributed by atoms with van der Waals surface area (Å²) in [5.74, 6) is -0.670. The molecule has 3 aromatic rings. The van der Waals surface area contributed by atoms with Crippen LogP contribution in [0.3, 0.4) is 0 Å². The van der Waals surface area contributed by atoms with E-state index in [9.17, 15) is 19.2 Å². The maximum atomic E-state index is 13.5. The molecule has 2 bridgehead atoms. The summed E-state index contributed by atoms with van der Waals surface area (Å²) in [4.78, 5) is 52.8. The number of ether oxygens (including phenoxy) is 2. The molecule has 0 spiro atoms. The second kappa shape index (κ2) is 10.0. The fourth-order valence-corrected chi connectivity index (χ4v) is 6.63. The molecule has 0 radical (unpaired) electrons. The van der Waals surface area contributed by atoms with E-state index in [4.69, 9.17) is 9.47 Å². The number of carbonyl (C=O) groups excluding carboxylic acids is 4. The predicted octanol–water partition coefficient (Wildman–Crippen LogP) is 4.42. The highest BCUT2D eigenvalue weighted by Crippen LogP contribution is 2.61. The summed E-state index contributed by atoms with van der Waals surface area (Å²) in [6, 6.07) is 23.2. The third-order valence-electron chi connectivity index (χ3n) is 8.31. The van der Waals surface area contributed by atoms with Crippen LogP contribution in [0.2, 0.25) is 0 Å². The third kappa shape index (κ3) is 4.46. The SMILES string of the molecule is COc1ccc(NC(=O)COC(=O)c2ccc(N3C(=O)[C@@H]4[C@@H]5C[C@@H]([C@@H]4C3=O)[C@@H](c3ccccc3)C5)cc2)cc1. The van der Waals surface area contributed by atoms with E-state index in [1.165, 1.54) is 22.6 Å². The molecule has 2 saturated carbocycles. The van der Waals surface area contributed by atoms with Gasteiger partial charge in [-0.3, -0.25) is 19.3 Å². The first-order valence-corrected chi connectivity index (χ1v) is 13.1. The van der Waals surface area contributed by atoms with Gasteiger partial charge in [-0.25, -0.2) is 4.79 Å². The molecule has 1 N–H and O–H groups in total. The summed E-state index contributed by atoms with van der Waals surface area (Å²) in [6.45, 7) is -0.454. The predicted molar refractivity (Wildman–Crippen MR) is 143 cm³/mol. The van der Waals surface area contributed by atoms with Crippen LogP contribution in [0.15, 0.2) is 78.9 Å². The van der Waals surface area contributed by atoms with E-state index < -0.39 is 18.5 Å². The van der Waals surface area contributed by atoms with Gasteiger partial charge in [0.15, 0.2) is 6.61 Å². The fourth-order valence-electron chi connectivity index (χ4n) is 6.63. The van der Waals surface area contributed by atoms with Gasteiger partial charge < -0.3 is 14.8 Å². The molecule has 3 fully saturated rings. The van der Waals surface area contributed by atoms with Gasteiger partial charge in [0.25, 0.3) is 5.91 Å². The van der Waals surface area contributed by atoms with Crippen LogP contribution in [0.4, 0.5) is 11.4 Å². The van der Waals surface area contributed by atoms with Gasteiger partial charge in [-0.1, -0.05) is 30.3 Å². The first-order chi connectivity index (χ1) is 18.9. The lowest BCUT2D eigenvalue weighted by molar-refractivity contribution is -0.123. The molecule has 3 aliphatic rings. The largest absolute Gasteiger partial charge is 0.497 e. The summed E-state index contributed by atoms with van der Waals surface area (Å²) >= 11 is 0. The van der Waals surface area contributed by atoms with E-state index in [1.54, 1.807) is 43.5 Å². The van der Waals surface area contributed by atoms with E-state index in [0.29, 0.717) is 23.0 Å². The van der Waals surface area contributed by atoms with Gasteiger partial charge in [0.05, 0.1) is 30.2 Å². The van der Waals surface area contributed by atoms with E-state index >= 15 is 0 Å². The zero-order chi connectivity index (χ0) is 27.1. The lowest BCUT2D eigenvalue weighted by Gasteiger charge is -2.28. The number of fused-ring (bicyclic) bond motifs is 5. The lowest BCUT2D eigenvalue weighted by Crippen LogP contribution is -2.33. The molecule has 198 valence electrons. The van der Waals surface area contributed by atoms with Crippen LogP contribution < -0.4 is 15.0 Å². The van der Waals surface area contributed by atoms with E-state index in [2.05, 4.69) is 17.4 Å². The van der Waals surface area contributed by atoms with Crippen molar-refractivity contribution in [3.8, 4) is 5.75 Å². The Hall–Kier alpha value is -4.46. The summed E-state index contributed by atoms with van der Waals surface area (Å²) in [5.41, 5.74) is 2.46. The summed E-state index contributed by atoms with van der Waals surface area (Å²) in [6.07, 6.45) is 1.84. The number of hydrogen-bond acceptors (Lipinski definition) is 6. The van der Waals surface area contributed by atoms with Crippen molar-refractivity contribution in [2.75, 3.05) is 23.9 Å². The number of benzene rings is 3. The Morgan fingerprint density at radius 3 is 2.26 bits per heavy atom. The highest BCUT2D eigenvalue weighted by molar-refractivity contribution is 6.22. The number of hydrogen-bond donors (Lipinski definition) is 1.